The van der Waals surface area contributed by atoms with Gasteiger partial charge in [-0.05, 0) is 37.9 Å². The van der Waals surface area contributed by atoms with E-state index >= 15 is 0 Å². The summed E-state index contributed by atoms with van der Waals surface area (Å²) in [4.78, 5) is 3.55. The quantitative estimate of drug-likeness (QED) is 0.777. The van der Waals surface area contributed by atoms with Crippen molar-refractivity contribution in [2.45, 2.75) is 39.8 Å². The summed E-state index contributed by atoms with van der Waals surface area (Å²) in [6.07, 6.45) is 1.30. The SMILES string of the molecule is CCN(CC)CCC(C)Oc1ccsc1CN. The van der Waals surface area contributed by atoms with Crippen molar-refractivity contribution < 1.29 is 4.74 Å². The molecule has 0 aliphatic rings. The smallest absolute Gasteiger partial charge is 0.134 e. The van der Waals surface area contributed by atoms with Crippen molar-refractivity contribution in [1.82, 2.24) is 4.90 Å². The Morgan fingerprint density at radius 3 is 2.71 bits per heavy atom. The van der Waals surface area contributed by atoms with E-state index in [9.17, 15) is 0 Å². The monoisotopic (exact) mass is 256 g/mol. The zero-order valence-electron chi connectivity index (χ0n) is 11.1. The summed E-state index contributed by atoms with van der Waals surface area (Å²) >= 11 is 1.66. The highest BCUT2D eigenvalue weighted by molar-refractivity contribution is 7.10. The van der Waals surface area contributed by atoms with E-state index < -0.39 is 0 Å². The zero-order chi connectivity index (χ0) is 12.7. The number of ether oxygens (including phenoxy) is 1. The van der Waals surface area contributed by atoms with Crippen LogP contribution in [0.3, 0.4) is 0 Å². The first-order valence-electron chi connectivity index (χ1n) is 6.36. The molecule has 2 N–H and O–H groups in total. The largest absolute Gasteiger partial charge is 0.489 e. The highest BCUT2D eigenvalue weighted by Crippen LogP contribution is 2.25. The van der Waals surface area contributed by atoms with Gasteiger partial charge in [-0.15, -0.1) is 11.3 Å². The predicted octanol–water partition coefficient (Wildman–Crippen LogP) is 2.71. The average Bonchev–Trinajstić information content (AvgIpc) is 2.77. The number of thiophene rings is 1. The Morgan fingerprint density at radius 2 is 2.12 bits per heavy atom. The molecule has 1 rings (SSSR count). The molecule has 0 aliphatic heterocycles. The third-order valence-electron chi connectivity index (χ3n) is 2.96. The van der Waals surface area contributed by atoms with E-state index in [1.807, 2.05) is 11.4 Å². The standard InChI is InChI=1S/C13H24N2OS/c1-4-15(5-2)8-6-11(3)16-12-7-9-17-13(12)10-14/h7,9,11H,4-6,8,10,14H2,1-3H3. The molecule has 98 valence electrons. The van der Waals surface area contributed by atoms with Crippen LogP contribution in [0.25, 0.3) is 0 Å². The van der Waals surface area contributed by atoms with Crippen LogP contribution < -0.4 is 10.5 Å². The molecule has 0 bridgehead atoms. The lowest BCUT2D eigenvalue weighted by Gasteiger charge is -2.21. The fourth-order valence-electron chi connectivity index (χ4n) is 1.76. The molecule has 0 fully saturated rings. The molecule has 1 unspecified atom stereocenters. The molecule has 1 aromatic rings. The highest BCUT2D eigenvalue weighted by atomic mass is 32.1. The van der Waals surface area contributed by atoms with Gasteiger partial charge < -0.3 is 15.4 Å². The topological polar surface area (TPSA) is 38.5 Å². The minimum atomic E-state index is 0.246. The van der Waals surface area contributed by atoms with Gasteiger partial charge in [-0.2, -0.15) is 0 Å². The molecule has 0 radical (unpaired) electrons. The Bertz CT molecular complexity index is 310. The van der Waals surface area contributed by atoms with Gasteiger partial charge >= 0.3 is 0 Å². The first-order valence-corrected chi connectivity index (χ1v) is 7.24. The maximum Gasteiger partial charge on any atom is 0.134 e. The van der Waals surface area contributed by atoms with Crippen LogP contribution >= 0.6 is 11.3 Å². The van der Waals surface area contributed by atoms with Crippen LogP contribution in [-0.2, 0) is 6.54 Å². The first kappa shape index (κ1) is 14.5. The first-order chi connectivity index (χ1) is 8.21. The number of hydrogen-bond donors (Lipinski definition) is 1. The van der Waals surface area contributed by atoms with Gasteiger partial charge in [0.05, 0.1) is 11.0 Å². The lowest BCUT2D eigenvalue weighted by molar-refractivity contribution is 0.181. The lowest BCUT2D eigenvalue weighted by atomic mass is 10.2. The van der Waals surface area contributed by atoms with Crippen LogP contribution in [0.5, 0.6) is 5.75 Å². The molecule has 1 heterocycles. The van der Waals surface area contributed by atoms with Crippen LogP contribution in [0, 0.1) is 0 Å². The highest BCUT2D eigenvalue weighted by Gasteiger charge is 2.10. The third-order valence-corrected chi connectivity index (χ3v) is 3.89. The number of hydrogen-bond acceptors (Lipinski definition) is 4. The Balaban J connectivity index is 2.36. The zero-order valence-corrected chi connectivity index (χ0v) is 11.9. The third kappa shape index (κ3) is 4.66. The van der Waals surface area contributed by atoms with E-state index in [1.165, 1.54) is 0 Å². The molecule has 0 aromatic carbocycles. The minimum absolute atomic E-state index is 0.246. The van der Waals surface area contributed by atoms with Crippen LogP contribution in [0.4, 0.5) is 0 Å². The summed E-state index contributed by atoms with van der Waals surface area (Å²) < 4.78 is 5.92. The molecule has 0 aliphatic carbocycles. The van der Waals surface area contributed by atoms with E-state index in [-0.39, 0.29) is 6.10 Å². The Kier molecular flexibility index (Phi) is 6.55. The number of nitrogens with zero attached hydrogens (tertiary/aromatic N) is 1. The fourth-order valence-corrected chi connectivity index (χ4v) is 2.45. The lowest BCUT2D eigenvalue weighted by Crippen LogP contribution is -2.27. The normalized spacial score (nSPS) is 13.0. The summed E-state index contributed by atoms with van der Waals surface area (Å²) in [7, 11) is 0. The van der Waals surface area contributed by atoms with Crippen LogP contribution in [-0.4, -0.2) is 30.6 Å². The second-order valence-corrected chi connectivity index (χ2v) is 5.16. The summed E-state index contributed by atoms with van der Waals surface area (Å²) in [6.45, 7) is 10.4. The average molecular weight is 256 g/mol. The van der Waals surface area contributed by atoms with E-state index in [0.717, 1.165) is 36.7 Å². The van der Waals surface area contributed by atoms with E-state index in [4.69, 9.17) is 10.5 Å². The van der Waals surface area contributed by atoms with Gasteiger partial charge in [-0.3, -0.25) is 0 Å². The second-order valence-electron chi connectivity index (χ2n) is 4.16. The van der Waals surface area contributed by atoms with Gasteiger partial charge in [0.25, 0.3) is 0 Å². The van der Waals surface area contributed by atoms with Gasteiger partial charge in [0.15, 0.2) is 0 Å². The summed E-state index contributed by atoms with van der Waals surface area (Å²) in [5.41, 5.74) is 5.66. The fraction of sp³-hybridized carbons (Fsp3) is 0.692. The van der Waals surface area contributed by atoms with E-state index in [0.29, 0.717) is 6.54 Å². The van der Waals surface area contributed by atoms with Crippen LogP contribution in [0.2, 0.25) is 0 Å². The molecular formula is C13H24N2OS. The van der Waals surface area contributed by atoms with Crippen LogP contribution in [0.15, 0.2) is 11.4 Å². The van der Waals surface area contributed by atoms with Crippen molar-refractivity contribution in [2.24, 2.45) is 5.73 Å². The van der Waals surface area contributed by atoms with Gasteiger partial charge in [0, 0.05) is 13.1 Å². The van der Waals surface area contributed by atoms with E-state index in [2.05, 4.69) is 25.7 Å². The van der Waals surface area contributed by atoms with Crippen molar-refractivity contribution in [3.63, 3.8) is 0 Å². The van der Waals surface area contributed by atoms with Gasteiger partial charge in [0.1, 0.15) is 5.75 Å². The molecule has 1 aromatic heterocycles. The number of nitrogens with two attached hydrogens (primary N) is 1. The van der Waals surface area contributed by atoms with E-state index in [1.54, 1.807) is 11.3 Å². The summed E-state index contributed by atoms with van der Waals surface area (Å²) in [6, 6.07) is 2.01. The Hall–Kier alpha value is -0.580. The maximum atomic E-state index is 5.92. The predicted molar refractivity (Wildman–Crippen MR) is 74.7 cm³/mol. The molecule has 0 saturated heterocycles. The number of rotatable bonds is 8. The van der Waals surface area contributed by atoms with Crippen molar-refractivity contribution in [1.29, 1.82) is 0 Å². The van der Waals surface area contributed by atoms with Crippen molar-refractivity contribution in [2.75, 3.05) is 19.6 Å². The molecule has 17 heavy (non-hydrogen) atoms. The second kappa shape index (κ2) is 7.69. The summed E-state index contributed by atoms with van der Waals surface area (Å²) in [5, 5.41) is 2.04. The molecule has 3 nitrogen and oxygen atoms in total. The van der Waals surface area contributed by atoms with Crippen LogP contribution in [0.1, 0.15) is 32.1 Å². The summed E-state index contributed by atoms with van der Waals surface area (Å²) in [5.74, 6) is 0.963. The van der Waals surface area contributed by atoms with Gasteiger partial charge in [-0.1, -0.05) is 13.8 Å². The molecule has 0 saturated carbocycles. The van der Waals surface area contributed by atoms with Gasteiger partial charge in [-0.25, -0.2) is 0 Å². The molecular weight excluding hydrogens is 232 g/mol. The molecule has 4 heteroatoms. The molecule has 1 atom stereocenters. The molecule has 0 spiro atoms. The van der Waals surface area contributed by atoms with Gasteiger partial charge in [0.2, 0.25) is 0 Å². The molecule has 0 amide bonds. The van der Waals surface area contributed by atoms with Crippen molar-refractivity contribution in [3.05, 3.63) is 16.3 Å². The Morgan fingerprint density at radius 1 is 1.41 bits per heavy atom. The van der Waals surface area contributed by atoms with Crippen molar-refractivity contribution in [3.8, 4) is 5.75 Å². The Labute approximate surface area is 109 Å². The maximum absolute atomic E-state index is 5.92. The minimum Gasteiger partial charge on any atom is -0.489 e. The van der Waals surface area contributed by atoms with Crippen molar-refractivity contribution >= 4 is 11.3 Å².